The lowest BCUT2D eigenvalue weighted by Gasteiger charge is -2.36. The summed E-state index contributed by atoms with van der Waals surface area (Å²) in [6.07, 6.45) is 5.36. The molecule has 6 heteroatoms. The van der Waals surface area contributed by atoms with Crippen LogP contribution in [0.2, 0.25) is 0 Å². The van der Waals surface area contributed by atoms with Gasteiger partial charge in [0.25, 0.3) is 0 Å². The summed E-state index contributed by atoms with van der Waals surface area (Å²) >= 11 is 1.97. The van der Waals surface area contributed by atoms with Crippen molar-refractivity contribution in [2.24, 2.45) is 0 Å². The predicted octanol–water partition coefficient (Wildman–Crippen LogP) is 5.45. The first-order chi connectivity index (χ1) is 14.7. The number of ether oxygens (including phenoxy) is 1. The number of methoxy groups -OCH3 is 1. The molecule has 1 aliphatic rings. The second-order valence-corrected chi connectivity index (χ2v) is 9.66. The number of unbranched alkanes of at least 4 members (excludes halogenated alkanes) is 1. The van der Waals surface area contributed by atoms with E-state index in [1.807, 2.05) is 11.8 Å². The largest absolute Gasteiger partial charge is 0.496 e. The number of rotatable bonds is 10. The number of nitrogens with one attached hydrogen (secondary N) is 2. The molecule has 3 atom stereocenters. The van der Waals surface area contributed by atoms with E-state index in [1.165, 1.54) is 35.3 Å². The Kier molecular flexibility index (Phi) is 9.03. The van der Waals surface area contributed by atoms with E-state index in [4.69, 9.17) is 9.63 Å². The van der Waals surface area contributed by atoms with Crippen LogP contribution in [0.25, 0.3) is 0 Å². The monoisotopic (exact) mass is 446 g/mol. The fourth-order valence-corrected chi connectivity index (χ4v) is 5.81. The highest BCUT2D eigenvalue weighted by Gasteiger charge is 2.36. The van der Waals surface area contributed by atoms with Gasteiger partial charge in [-0.1, -0.05) is 57.0 Å². The van der Waals surface area contributed by atoms with Crippen molar-refractivity contribution in [1.82, 2.24) is 10.6 Å². The number of hydrogen-bond donors (Lipinski definition) is 3. The molecule has 1 heterocycles. The summed E-state index contributed by atoms with van der Waals surface area (Å²) in [7, 11) is 1.66. The minimum Gasteiger partial charge on any atom is -0.496 e. The zero-order valence-electron chi connectivity index (χ0n) is 18.3. The van der Waals surface area contributed by atoms with Gasteiger partial charge in [0.2, 0.25) is 0 Å². The molecule has 0 saturated carbocycles. The van der Waals surface area contributed by atoms with Crippen molar-refractivity contribution in [2.45, 2.75) is 62.6 Å². The van der Waals surface area contributed by atoms with Gasteiger partial charge in [-0.3, -0.25) is 5.32 Å². The van der Waals surface area contributed by atoms with E-state index < -0.39 is 0 Å². The van der Waals surface area contributed by atoms with E-state index in [9.17, 15) is 0 Å². The van der Waals surface area contributed by atoms with Crippen molar-refractivity contribution in [2.75, 3.05) is 19.1 Å². The molecule has 4 nitrogen and oxygen atoms in total. The van der Waals surface area contributed by atoms with Gasteiger partial charge in [0, 0.05) is 43.4 Å². The molecule has 3 rings (SSSR count). The van der Waals surface area contributed by atoms with Crippen LogP contribution in [0.1, 0.15) is 62.3 Å². The summed E-state index contributed by atoms with van der Waals surface area (Å²) in [5.41, 5.74) is 3.85. The van der Waals surface area contributed by atoms with Crippen molar-refractivity contribution >= 4 is 20.6 Å². The SMILES string of the molecule is CCCC[C@]1(CC)CSc2cc(CNCPO)c(OC)cc2[C@@H](c2ccccc2)N1. The molecule has 0 saturated heterocycles. The average molecular weight is 447 g/mol. The van der Waals surface area contributed by atoms with E-state index in [2.05, 4.69) is 66.9 Å². The smallest absolute Gasteiger partial charge is 0.123 e. The third-order valence-electron chi connectivity index (χ3n) is 6.02. The third-order valence-corrected chi connectivity index (χ3v) is 7.79. The molecule has 30 heavy (non-hydrogen) atoms. The maximum atomic E-state index is 9.14. The van der Waals surface area contributed by atoms with Crippen molar-refractivity contribution < 1.29 is 9.63 Å². The summed E-state index contributed by atoms with van der Waals surface area (Å²) in [5.74, 6) is 1.97. The minimum atomic E-state index is -0.0859. The summed E-state index contributed by atoms with van der Waals surface area (Å²) in [6.45, 7) is 5.28. The number of fused-ring (bicyclic) bond motifs is 1. The van der Waals surface area contributed by atoms with E-state index in [0.717, 1.165) is 23.5 Å². The van der Waals surface area contributed by atoms with E-state index in [-0.39, 0.29) is 20.4 Å². The van der Waals surface area contributed by atoms with Gasteiger partial charge in [-0.05, 0) is 36.1 Å². The molecule has 1 unspecified atom stereocenters. The fourth-order valence-electron chi connectivity index (χ4n) is 4.14. The average Bonchev–Trinajstić information content (AvgIpc) is 2.95. The summed E-state index contributed by atoms with van der Waals surface area (Å²) in [5, 5.41) is 7.39. The molecule has 1 aliphatic heterocycles. The first kappa shape index (κ1) is 23.6. The van der Waals surface area contributed by atoms with E-state index >= 15 is 0 Å². The Morgan fingerprint density at radius 3 is 2.73 bits per heavy atom. The first-order valence-electron chi connectivity index (χ1n) is 10.9. The van der Waals surface area contributed by atoms with E-state index in [1.54, 1.807) is 7.11 Å². The van der Waals surface area contributed by atoms with Crippen molar-refractivity contribution in [1.29, 1.82) is 0 Å². The Morgan fingerprint density at radius 1 is 1.27 bits per heavy atom. The predicted molar refractivity (Wildman–Crippen MR) is 130 cm³/mol. The normalized spacial score (nSPS) is 21.5. The second kappa shape index (κ2) is 11.5. The lowest BCUT2D eigenvalue weighted by atomic mass is 9.88. The molecule has 0 fully saturated rings. The van der Waals surface area contributed by atoms with Crippen LogP contribution in [0, 0.1) is 0 Å². The summed E-state index contributed by atoms with van der Waals surface area (Å²) in [4.78, 5) is 10.5. The van der Waals surface area contributed by atoms with Crippen LogP contribution in [0.3, 0.4) is 0 Å². The molecule has 164 valence electrons. The minimum absolute atomic E-state index is 0.0859. The van der Waals surface area contributed by atoms with Crippen LogP contribution in [0.5, 0.6) is 5.75 Å². The Bertz CT molecular complexity index is 805. The number of hydrogen-bond acceptors (Lipinski definition) is 5. The molecular weight excluding hydrogens is 411 g/mol. The Labute approximate surface area is 187 Å². The summed E-state index contributed by atoms with van der Waals surface area (Å²) in [6, 6.07) is 15.4. The third kappa shape index (κ3) is 5.57. The Morgan fingerprint density at radius 2 is 2.07 bits per heavy atom. The molecule has 0 amide bonds. The molecule has 3 N–H and O–H groups in total. The molecule has 2 aromatic carbocycles. The molecule has 2 aromatic rings. The fraction of sp³-hybridized carbons (Fsp3) is 0.500. The molecule has 0 spiro atoms. The van der Waals surface area contributed by atoms with Gasteiger partial charge in [0.1, 0.15) is 5.75 Å². The zero-order valence-corrected chi connectivity index (χ0v) is 20.1. The summed E-state index contributed by atoms with van der Waals surface area (Å²) < 4.78 is 5.77. The Hall–Kier alpha value is -1.10. The quantitative estimate of drug-likeness (QED) is 0.335. The van der Waals surface area contributed by atoms with Gasteiger partial charge < -0.3 is 14.9 Å². The van der Waals surface area contributed by atoms with Crippen molar-refractivity contribution in [3.63, 3.8) is 0 Å². The van der Waals surface area contributed by atoms with Gasteiger partial charge in [-0.2, -0.15) is 0 Å². The van der Waals surface area contributed by atoms with Gasteiger partial charge in [-0.15, -0.1) is 11.8 Å². The maximum Gasteiger partial charge on any atom is 0.123 e. The highest BCUT2D eigenvalue weighted by atomic mass is 32.2. The highest BCUT2D eigenvalue weighted by Crippen LogP contribution is 2.43. The Balaban J connectivity index is 2.04. The van der Waals surface area contributed by atoms with Gasteiger partial charge in [0.15, 0.2) is 0 Å². The molecule has 0 aromatic heterocycles. The molecule has 0 aliphatic carbocycles. The van der Waals surface area contributed by atoms with Crippen LogP contribution in [0.15, 0.2) is 47.4 Å². The van der Waals surface area contributed by atoms with E-state index in [0.29, 0.717) is 12.8 Å². The lowest BCUT2D eigenvalue weighted by Crippen LogP contribution is -2.48. The molecule has 0 radical (unpaired) electrons. The highest BCUT2D eigenvalue weighted by molar-refractivity contribution is 7.99. The first-order valence-corrected chi connectivity index (χ1v) is 13.0. The zero-order chi connectivity index (χ0) is 21.4. The van der Waals surface area contributed by atoms with Crippen LogP contribution in [0.4, 0.5) is 0 Å². The lowest BCUT2D eigenvalue weighted by molar-refractivity contribution is 0.297. The molecular formula is C24H35N2O2PS. The van der Waals surface area contributed by atoms with Gasteiger partial charge in [-0.25, -0.2) is 0 Å². The molecule has 0 bridgehead atoms. The number of thioether (sulfide) groups is 1. The maximum absolute atomic E-state index is 9.14. The van der Waals surface area contributed by atoms with Crippen molar-refractivity contribution in [3.8, 4) is 5.75 Å². The topological polar surface area (TPSA) is 53.5 Å². The van der Waals surface area contributed by atoms with Crippen LogP contribution in [-0.2, 0) is 6.54 Å². The van der Waals surface area contributed by atoms with Crippen LogP contribution < -0.4 is 15.4 Å². The second-order valence-electron chi connectivity index (χ2n) is 7.98. The van der Waals surface area contributed by atoms with Crippen LogP contribution >= 0.6 is 20.6 Å². The standard InChI is InChI=1S/C24H35N2O2PS/c1-4-6-12-24(5-2)16-30-22-13-19(15-25-17-29-27)21(28-3)14-20(22)23(26-24)18-10-8-7-9-11-18/h7-11,13-14,23,25-27,29H,4-6,12,15-17H2,1-3H3/t23-,24-/m1/s1. The number of benzene rings is 2. The van der Waals surface area contributed by atoms with Gasteiger partial charge >= 0.3 is 0 Å². The van der Waals surface area contributed by atoms with Crippen LogP contribution in [-0.4, -0.2) is 29.6 Å². The van der Waals surface area contributed by atoms with Crippen molar-refractivity contribution in [3.05, 3.63) is 59.2 Å². The van der Waals surface area contributed by atoms with Gasteiger partial charge in [0.05, 0.1) is 13.2 Å².